The molecule has 0 bridgehead atoms. The second-order valence-electron chi connectivity index (χ2n) is 5.06. The van der Waals surface area contributed by atoms with Crippen molar-refractivity contribution in [1.82, 2.24) is 0 Å². The van der Waals surface area contributed by atoms with Crippen LogP contribution in [0, 0.1) is 5.41 Å². The molecule has 0 amide bonds. The topological polar surface area (TPSA) is 17.1 Å². The second kappa shape index (κ2) is 4.90. The van der Waals surface area contributed by atoms with Crippen molar-refractivity contribution < 1.29 is 4.79 Å². The molecular weight excluding hydrogens is 204 g/mol. The highest BCUT2D eigenvalue weighted by Gasteiger charge is 2.42. The molecule has 2 fully saturated rings. The van der Waals surface area contributed by atoms with Crippen LogP contribution in [-0.2, 0) is 4.79 Å². The largest absolute Gasteiger partial charge is 0.298 e. The maximum atomic E-state index is 12.5. The van der Waals surface area contributed by atoms with E-state index in [1.54, 1.807) is 0 Å². The van der Waals surface area contributed by atoms with Gasteiger partial charge < -0.3 is 0 Å². The van der Waals surface area contributed by atoms with E-state index in [0.29, 0.717) is 11.0 Å². The molecule has 1 saturated carbocycles. The fourth-order valence-corrected chi connectivity index (χ4v) is 4.50. The van der Waals surface area contributed by atoms with Gasteiger partial charge >= 0.3 is 0 Å². The molecule has 1 aliphatic heterocycles. The van der Waals surface area contributed by atoms with Crippen molar-refractivity contribution in [3.63, 3.8) is 0 Å². The van der Waals surface area contributed by atoms with Crippen LogP contribution in [0.3, 0.4) is 0 Å². The third-order valence-corrected chi connectivity index (χ3v) is 5.61. The quantitative estimate of drug-likeness (QED) is 0.728. The Kier molecular flexibility index (Phi) is 3.76. The van der Waals surface area contributed by atoms with Gasteiger partial charge in [0.15, 0.2) is 5.78 Å². The van der Waals surface area contributed by atoms with E-state index >= 15 is 0 Å². The lowest BCUT2D eigenvalue weighted by molar-refractivity contribution is -0.128. The van der Waals surface area contributed by atoms with E-state index < -0.39 is 0 Å². The van der Waals surface area contributed by atoms with E-state index in [0.717, 1.165) is 12.8 Å². The molecule has 0 aromatic heterocycles. The van der Waals surface area contributed by atoms with E-state index in [1.807, 2.05) is 11.8 Å². The lowest BCUT2D eigenvalue weighted by Gasteiger charge is -2.32. The number of carbonyl (C=O) groups is 1. The molecule has 0 radical (unpaired) electrons. The number of carbonyl (C=O) groups excluding carboxylic acids is 1. The molecule has 1 heterocycles. The minimum absolute atomic E-state index is 0.0923. The number of hydrogen-bond acceptors (Lipinski definition) is 2. The Morgan fingerprint density at radius 2 is 2.00 bits per heavy atom. The number of hydrogen-bond donors (Lipinski definition) is 0. The van der Waals surface area contributed by atoms with Crippen LogP contribution in [0.2, 0.25) is 0 Å². The molecule has 2 rings (SSSR count). The molecule has 0 N–H and O–H groups in total. The van der Waals surface area contributed by atoms with Gasteiger partial charge in [-0.1, -0.05) is 26.2 Å². The summed E-state index contributed by atoms with van der Waals surface area (Å²) in [7, 11) is 0. The zero-order valence-electron chi connectivity index (χ0n) is 9.76. The fourth-order valence-electron chi connectivity index (χ4n) is 3.11. The minimum atomic E-state index is 0.0923. The van der Waals surface area contributed by atoms with E-state index in [9.17, 15) is 4.79 Å². The third-order valence-electron chi connectivity index (χ3n) is 4.23. The van der Waals surface area contributed by atoms with Gasteiger partial charge in [0, 0.05) is 5.41 Å². The van der Waals surface area contributed by atoms with Crippen molar-refractivity contribution >= 4 is 17.5 Å². The molecule has 2 heteroatoms. The van der Waals surface area contributed by atoms with Crippen LogP contribution in [0.15, 0.2) is 0 Å². The van der Waals surface area contributed by atoms with Crippen LogP contribution >= 0.6 is 11.8 Å². The summed E-state index contributed by atoms with van der Waals surface area (Å²) in [6.07, 6.45) is 9.68. The Balaban J connectivity index is 2.03. The smallest absolute Gasteiger partial charge is 0.151 e. The molecule has 1 nitrogen and oxygen atoms in total. The summed E-state index contributed by atoms with van der Waals surface area (Å²) >= 11 is 1.92. The first-order chi connectivity index (χ1) is 7.28. The fraction of sp³-hybridized carbons (Fsp3) is 0.923. The van der Waals surface area contributed by atoms with Crippen molar-refractivity contribution in [1.29, 1.82) is 0 Å². The van der Waals surface area contributed by atoms with Crippen LogP contribution in [-0.4, -0.2) is 16.8 Å². The maximum Gasteiger partial charge on any atom is 0.151 e. The number of thioether (sulfide) groups is 1. The molecule has 0 spiro atoms. The first-order valence-electron chi connectivity index (χ1n) is 6.44. The summed E-state index contributed by atoms with van der Waals surface area (Å²) in [5.74, 6) is 1.81. The molecule has 1 saturated heterocycles. The second-order valence-corrected chi connectivity index (χ2v) is 6.37. The monoisotopic (exact) mass is 226 g/mol. The summed E-state index contributed by atoms with van der Waals surface area (Å²) in [6.45, 7) is 2.21. The average Bonchev–Trinajstić information content (AvgIpc) is 2.79. The summed E-state index contributed by atoms with van der Waals surface area (Å²) in [6, 6.07) is 0. The van der Waals surface area contributed by atoms with Gasteiger partial charge in [-0.25, -0.2) is 0 Å². The predicted molar refractivity (Wildman–Crippen MR) is 66.3 cm³/mol. The van der Waals surface area contributed by atoms with Gasteiger partial charge in [-0.2, -0.15) is 11.8 Å². The zero-order valence-corrected chi connectivity index (χ0v) is 10.6. The minimum Gasteiger partial charge on any atom is -0.298 e. The normalized spacial score (nSPS) is 30.3. The number of ketones is 1. The number of rotatable bonds is 3. The molecule has 1 unspecified atom stereocenters. The first kappa shape index (κ1) is 11.5. The highest BCUT2D eigenvalue weighted by molar-refractivity contribution is 8.00. The molecule has 1 aliphatic carbocycles. The van der Waals surface area contributed by atoms with E-state index in [1.165, 1.54) is 44.3 Å². The lowest BCUT2D eigenvalue weighted by Crippen LogP contribution is -2.36. The van der Waals surface area contributed by atoms with Crippen LogP contribution < -0.4 is 0 Å². The molecule has 15 heavy (non-hydrogen) atoms. The van der Waals surface area contributed by atoms with Crippen LogP contribution in [0.1, 0.15) is 58.3 Å². The Morgan fingerprint density at radius 1 is 1.27 bits per heavy atom. The summed E-state index contributed by atoms with van der Waals surface area (Å²) < 4.78 is 0. The lowest BCUT2D eigenvalue weighted by atomic mass is 9.77. The Hall–Kier alpha value is 0.0200. The van der Waals surface area contributed by atoms with Gasteiger partial charge in [-0.15, -0.1) is 0 Å². The summed E-state index contributed by atoms with van der Waals surface area (Å²) in [4.78, 5) is 12.5. The van der Waals surface area contributed by atoms with Crippen molar-refractivity contribution in [2.24, 2.45) is 5.41 Å². The highest BCUT2D eigenvalue weighted by atomic mass is 32.2. The Labute approximate surface area is 97.4 Å². The van der Waals surface area contributed by atoms with Crippen LogP contribution in [0.4, 0.5) is 0 Å². The Bertz CT molecular complexity index is 225. The van der Waals surface area contributed by atoms with E-state index in [4.69, 9.17) is 0 Å². The van der Waals surface area contributed by atoms with Gasteiger partial charge in [0.25, 0.3) is 0 Å². The highest BCUT2D eigenvalue weighted by Crippen LogP contribution is 2.45. The van der Waals surface area contributed by atoms with Crippen molar-refractivity contribution in [3.8, 4) is 0 Å². The first-order valence-corrected chi connectivity index (χ1v) is 7.49. The van der Waals surface area contributed by atoms with Crippen LogP contribution in [0.25, 0.3) is 0 Å². The van der Waals surface area contributed by atoms with Gasteiger partial charge in [-0.05, 0) is 37.9 Å². The molecular formula is C13H22OS. The molecule has 0 aromatic rings. The SMILES string of the molecule is CCC1(C(=O)C2CCCCS2)CCCC1. The number of Topliss-reactive ketones (excluding diaryl/α,β-unsaturated/α-hetero) is 1. The van der Waals surface area contributed by atoms with Crippen molar-refractivity contribution in [3.05, 3.63) is 0 Å². The predicted octanol–water partition coefficient (Wildman–Crippen LogP) is 3.81. The molecule has 1 atom stereocenters. The van der Waals surface area contributed by atoms with Crippen molar-refractivity contribution in [2.45, 2.75) is 63.5 Å². The van der Waals surface area contributed by atoms with Crippen molar-refractivity contribution in [2.75, 3.05) is 5.75 Å². The maximum absolute atomic E-state index is 12.5. The molecule has 86 valence electrons. The third kappa shape index (κ3) is 2.25. The standard InChI is InChI=1S/C13H22OS/c1-2-13(8-4-5-9-13)12(14)11-7-3-6-10-15-11/h11H,2-10H2,1H3. The van der Waals surface area contributed by atoms with Gasteiger partial charge in [0.2, 0.25) is 0 Å². The zero-order chi connectivity index (χ0) is 10.7. The van der Waals surface area contributed by atoms with Gasteiger partial charge in [0.1, 0.15) is 0 Å². The molecule has 2 aliphatic rings. The van der Waals surface area contributed by atoms with E-state index in [-0.39, 0.29) is 5.41 Å². The van der Waals surface area contributed by atoms with Gasteiger partial charge in [-0.3, -0.25) is 4.79 Å². The van der Waals surface area contributed by atoms with E-state index in [2.05, 4.69) is 6.92 Å². The Morgan fingerprint density at radius 3 is 2.53 bits per heavy atom. The van der Waals surface area contributed by atoms with Crippen LogP contribution in [0.5, 0.6) is 0 Å². The molecule has 0 aromatic carbocycles. The summed E-state index contributed by atoms with van der Waals surface area (Å²) in [5, 5.41) is 0.344. The van der Waals surface area contributed by atoms with Gasteiger partial charge in [0.05, 0.1) is 5.25 Å². The average molecular weight is 226 g/mol. The summed E-state index contributed by atoms with van der Waals surface area (Å²) in [5.41, 5.74) is 0.0923.